The highest BCUT2D eigenvalue weighted by Gasteiger charge is 2.09. The van der Waals surface area contributed by atoms with Crippen LogP contribution in [-0.2, 0) is 9.53 Å². The summed E-state index contributed by atoms with van der Waals surface area (Å²) in [5, 5.41) is 0.666. The maximum absolute atomic E-state index is 11.3. The number of nitrogens with zero attached hydrogens (tertiary/aromatic N) is 1. The summed E-state index contributed by atoms with van der Waals surface area (Å²) in [7, 11) is 1.36. The van der Waals surface area contributed by atoms with Gasteiger partial charge in [-0.15, -0.1) is 11.8 Å². The summed E-state index contributed by atoms with van der Waals surface area (Å²) in [6.07, 6.45) is 1.95. The number of methoxy groups -OCH3 is 1. The molecule has 0 bridgehead atoms. The molecule has 0 fully saturated rings. The van der Waals surface area contributed by atoms with E-state index >= 15 is 0 Å². The third-order valence-corrected chi connectivity index (χ3v) is 2.93. The number of Topliss-reactive ketones (excluding diaryl/α,β-unsaturated/α-hetero) is 1. The van der Waals surface area contributed by atoms with Gasteiger partial charge in [-0.05, 0) is 19.1 Å². The second kappa shape index (κ2) is 6.27. The van der Waals surface area contributed by atoms with Crippen LogP contribution in [0.5, 0.6) is 0 Å². The number of esters is 1. The Hall–Kier alpha value is -1.36. The van der Waals surface area contributed by atoms with Crippen LogP contribution in [-0.4, -0.2) is 29.6 Å². The minimum absolute atomic E-state index is 0.0198. The summed E-state index contributed by atoms with van der Waals surface area (Å²) in [4.78, 5) is 26.3. The maximum Gasteiger partial charge on any atom is 0.306 e. The van der Waals surface area contributed by atoms with Gasteiger partial charge >= 0.3 is 5.97 Å². The summed E-state index contributed by atoms with van der Waals surface area (Å²) >= 11 is 1.39. The van der Waals surface area contributed by atoms with Crippen LogP contribution < -0.4 is 0 Å². The van der Waals surface area contributed by atoms with Gasteiger partial charge in [-0.1, -0.05) is 0 Å². The van der Waals surface area contributed by atoms with Crippen LogP contribution in [0, 0.1) is 0 Å². The predicted octanol–water partition coefficient (Wildman–Crippen LogP) is 1.94. The first-order valence-electron chi connectivity index (χ1n) is 4.80. The van der Waals surface area contributed by atoms with E-state index in [1.54, 1.807) is 18.3 Å². The Labute approximate surface area is 98.4 Å². The molecule has 0 aliphatic carbocycles. The molecule has 0 atom stereocenters. The van der Waals surface area contributed by atoms with Gasteiger partial charge in [-0.3, -0.25) is 9.59 Å². The first-order chi connectivity index (χ1) is 7.65. The number of carbonyl (C=O) groups excluding carboxylic acids is 2. The molecule has 5 heteroatoms. The van der Waals surface area contributed by atoms with Crippen LogP contribution in [0.15, 0.2) is 23.4 Å². The average Bonchev–Trinajstić information content (AvgIpc) is 2.29. The highest BCUT2D eigenvalue weighted by atomic mass is 32.2. The van der Waals surface area contributed by atoms with E-state index in [9.17, 15) is 9.59 Å². The summed E-state index contributed by atoms with van der Waals surface area (Å²) in [5.74, 6) is 0.283. The smallest absolute Gasteiger partial charge is 0.306 e. The Kier molecular flexibility index (Phi) is 4.98. The van der Waals surface area contributed by atoms with Gasteiger partial charge in [-0.25, -0.2) is 4.98 Å². The van der Waals surface area contributed by atoms with E-state index in [4.69, 9.17) is 0 Å². The first kappa shape index (κ1) is 12.7. The Balaban J connectivity index is 2.60. The molecule has 1 aromatic rings. The zero-order valence-electron chi connectivity index (χ0n) is 9.23. The molecule has 0 radical (unpaired) electrons. The molecule has 0 aliphatic rings. The van der Waals surface area contributed by atoms with E-state index < -0.39 is 0 Å². The lowest BCUT2D eigenvalue weighted by Gasteiger charge is -2.04. The van der Waals surface area contributed by atoms with Crippen molar-refractivity contribution in [3.8, 4) is 0 Å². The molecule has 0 saturated carbocycles. The van der Waals surface area contributed by atoms with Crippen molar-refractivity contribution in [3.63, 3.8) is 0 Å². The molecule has 0 aromatic carbocycles. The van der Waals surface area contributed by atoms with E-state index in [-0.39, 0.29) is 11.8 Å². The Bertz CT molecular complexity index is 393. The number of hydrogen-bond donors (Lipinski definition) is 0. The third-order valence-electron chi connectivity index (χ3n) is 1.92. The molecular formula is C11H13NO3S. The van der Waals surface area contributed by atoms with Gasteiger partial charge in [0.25, 0.3) is 0 Å². The standard InChI is InChI=1S/C11H13NO3S/c1-8(13)9-4-3-6-12-11(9)16-7-5-10(14)15-2/h3-4,6H,5,7H2,1-2H3. The number of ketones is 1. The number of carbonyl (C=O) groups is 2. The molecule has 86 valence electrons. The summed E-state index contributed by atoms with van der Waals surface area (Å²) in [6, 6.07) is 3.46. The largest absolute Gasteiger partial charge is 0.469 e. The molecule has 1 aromatic heterocycles. The van der Waals surface area contributed by atoms with Crippen LogP contribution in [0.4, 0.5) is 0 Å². The lowest BCUT2D eigenvalue weighted by Crippen LogP contribution is -2.02. The van der Waals surface area contributed by atoms with E-state index in [1.165, 1.54) is 25.8 Å². The Morgan fingerprint density at radius 3 is 2.88 bits per heavy atom. The van der Waals surface area contributed by atoms with Crippen molar-refractivity contribution in [2.75, 3.05) is 12.9 Å². The highest BCUT2D eigenvalue weighted by Crippen LogP contribution is 2.20. The number of rotatable bonds is 5. The normalized spacial score (nSPS) is 9.88. The fourth-order valence-corrected chi connectivity index (χ4v) is 2.07. The van der Waals surface area contributed by atoms with E-state index in [0.717, 1.165) is 0 Å². The SMILES string of the molecule is COC(=O)CCSc1ncccc1C(C)=O. The first-order valence-corrected chi connectivity index (χ1v) is 5.79. The fourth-order valence-electron chi connectivity index (χ4n) is 1.11. The molecule has 1 heterocycles. The van der Waals surface area contributed by atoms with E-state index in [1.807, 2.05) is 0 Å². The van der Waals surface area contributed by atoms with Crippen LogP contribution in [0.25, 0.3) is 0 Å². The van der Waals surface area contributed by atoms with Crippen molar-refractivity contribution >= 4 is 23.5 Å². The van der Waals surface area contributed by atoms with Crippen LogP contribution in [0.1, 0.15) is 23.7 Å². The van der Waals surface area contributed by atoms with E-state index in [0.29, 0.717) is 22.8 Å². The highest BCUT2D eigenvalue weighted by molar-refractivity contribution is 7.99. The van der Waals surface area contributed by atoms with Crippen molar-refractivity contribution in [2.45, 2.75) is 18.4 Å². The molecule has 0 saturated heterocycles. The molecule has 0 amide bonds. The number of pyridine rings is 1. The Morgan fingerprint density at radius 2 is 2.25 bits per heavy atom. The molecule has 0 aliphatic heterocycles. The Morgan fingerprint density at radius 1 is 1.50 bits per heavy atom. The lowest BCUT2D eigenvalue weighted by molar-refractivity contribution is -0.140. The second-order valence-electron chi connectivity index (χ2n) is 3.09. The van der Waals surface area contributed by atoms with Crippen molar-refractivity contribution in [3.05, 3.63) is 23.9 Å². The molecule has 16 heavy (non-hydrogen) atoms. The zero-order chi connectivity index (χ0) is 12.0. The zero-order valence-corrected chi connectivity index (χ0v) is 10.0. The van der Waals surface area contributed by atoms with Crippen LogP contribution in [0.2, 0.25) is 0 Å². The topological polar surface area (TPSA) is 56.3 Å². The van der Waals surface area contributed by atoms with E-state index in [2.05, 4.69) is 9.72 Å². The predicted molar refractivity (Wildman–Crippen MR) is 61.6 cm³/mol. The van der Waals surface area contributed by atoms with Gasteiger partial charge in [0.2, 0.25) is 0 Å². The molecular weight excluding hydrogens is 226 g/mol. The average molecular weight is 239 g/mol. The minimum Gasteiger partial charge on any atom is -0.469 e. The molecule has 1 rings (SSSR count). The van der Waals surface area contributed by atoms with Gasteiger partial charge < -0.3 is 4.74 Å². The third kappa shape index (κ3) is 3.66. The molecule has 0 N–H and O–H groups in total. The van der Waals surface area contributed by atoms with Crippen LogP contribution >= 0.6 is 11.8 Å². The number of thioether (sulfide) groups is 1. The van der Waals surface area contributed by atoms with Gasteiger partial charge in [0.15, 0.2) is 5.78 Å². The van der Waals surface area contributed by atoms with Gasteiger partial charge in [0.1, 0.15) is 5.03 Å². The van der Waals surface area contributed by atoms with Crippen LogP contribution in [0.3, 0.4) is 0 Å². The maximum atomic E-state index is 11.3. The monoisotopic (exact) mass is 239 g/mol. The second-order valence-corrected chi connectivity index (χ2v) is 4.17. The lowest BCUT2D eigenvalue weighted by atomic mass is 10.2. The summed E-state index contributed by atoms with van der Waals surface area (Å²) < 4.78 is 4.53. The number of ether oxygens (including phenoxy) is 1. The number of hydrogen-bond acceptors (Lipinski definition) is 5. The van der Waals surface area contributed by atoms with Crippen molar-refractivity contribution < 1.29 is 14.3 Å². The molecule has 4 nitrogen and oxygen atoms in total. The van der Waals surface area contributed by atoms with Gasteiger partial charge in [-0.2, -0.15) is 0 Å². The number of aromatic nitrogens is 1. The summed E-state index contributed by atoms with van der Waals surface area (Å²) in [5.41, 5.74) is 0.595. The van der Waals surface area contributed by atoms with Crippen molar-refractivity contribution in [1.82, 2.24) is 4.98 Å². The van der Waals surface area contributed by atoms with Gasteiger partial charge in [0.05, 0.1) is 13.5 Å². The quantitative estimate of drug-likeness (QED) is 0.446. The molecule has 0 spiro atoms. The fraction of sp³-hybridized carbons (Fsp3) is 0.364. The minimum atomic E-state index is -0.257. The van der Waals surface area contributed by atoms with Crippen molar-refractivity contribution in [2.24, 2.45) is 0 Å². The summed E-state index contributed by atoms with van der Waals surface area (Å²) in [6.45, 7) is 1.50. The van der Waals surface area contributed by atoms with Gasteiger partial charge in [0, 0.05) is 17.5 Å². The van der Waals surface area contributed by atoms with Crippen molar-refractivity contribution in [1.29, 1.82) is 0 Å². The molecule has 0 unspecified atom stereocenters.